The Bertz CT molecular complexity index is 210. The number of hydrogen-bond donors (Lipinski definition) is 1. The normalized spacial score (nSPS) is 14.9. The molecule has 11 heavy (non-hydrogen) atoms. The smallest absolute Gasteiger partial charge is 0 e. The number of rotatable bonds is 0. The molecule has 0 atom stereocenters. The Hall–Kier alpha value is -1.82. The molecule has 2 rings (SSSR count). The molecule has 1 aromatic carbocycles. The predicted molar refractivity (Wildman–Crippen MR) is 40.7 cm³/mol. The second-order valence-electron chi connectivity index (χ2n) is 2.62. The van der Waals surface area contributed by atoms with Crippen molar-refractivity contribution < 1.29 is 0 Å². The van der Waals surface area contributed by atoms with Gasteiger partial charge >= 0.3 is 0 Å². The van der Waals surface area contributed by atoms with E-state index in [9.17, 15) is 0 Å². The topological polar surface area (TPSA) is 12.0 Å². The fourth-order valence-electron chi connectivity index (χ4n) is 1.35. The molecule has 0 saturated carbocycles. The summed E-state index contributed by atoms with van der Waals surface area (Å²) in [5, 5.41) is 3.32. The first-order chi connectivity index (χ1) is 4.97. The summed E-state index contributed by atoms with van der Waals surface area (Å²) in [6.07, 6.45) is 1.17. The van der Waals surface area contributed by atoms with E-state index in [1.54, 1.807) is 0 Å². The SMILES string of the molecule is [No].[c-]1ccc2c(c1)CNCC2. The van der Waals surface area contributed by atoms with Gasteiger partial charge in [0, 0.05) is 0 Å². The van der Waals surface area contributed by atoms with Crippen LogP contribution in [0.4, 0.5) is 0 Å². The molecule has 1 heterocycles. The van der Waals surface area contributed by atoms with Gasteiger partial charge in [0.15, 0.2) is 0 Å². The molecule has 0 unspecified atom stereocenters. The Labute approximate surface area is 61.1 Å². The van der Waals surface area contributed by atoms with Crippen molar-refractivity contribution in [3.8, 4) is 0 Å². The molecular weight excluding hydrogens is 381 g/mol. The van der Waals surface area contributed by atoms with Gasteiger partial charge in [0.05, 0.1) is 0 Å². The minimum Gasteiger partial charge on any atom is -0.324 e. The van der Waals surface area contributed by atoms with E-state index in [4.69, 9.17) is 0 Å². The summed E-state index contributed by atoms with van der Waals surface area (Å²) in [5.41, 5.74) is 2.89. The maximum absolute atomic E-state index is 3.32. The third kappa shape index (κ3) is 1.19. The molecule has 0 fully saturated rings. The first-order valence-corrected chi connectivity index (χ1v) is 3.65. The van der Waals surface area contributed by atoms with Crippen LogP contribution in [-0.2, 0) is 13.0 Å². The van der Waals surface area contributed by atoms with Crippen molar-refractivity contribution in [1.82, 2.24) is 5.32 Å². The second kappa shape index (κ2) is 2.84. The Morgan fingerprint density at radius 3 is 3.09 bits per heavy atom. The van der Waals surface area contributed by atoms with Crippen LogP contribution in [-0.4, -0.2) is 6.54 Å². The Morgan fingerprint density at radius 1 is 1.36 bits per heavy atom. The standard InChI is InChI=1S/C9H10N.No/c1-2-4-9-7-10-6-5-8(9)3-1;/h1,3-4,10H,5-7H2;/q-1;. The molecule has 0 spiro atoms. The fourth-order valence-corrected chi connectivity index (χ4v) is 1.35. The quantitative estimate of drug-likeness (QED) is 0.655. The van der Waals surface area contributed by atoms with E-state index in [1.807, 2.05) is 6.07 Å². The zero-order valence-electron chi connectivity index (χ0n) is 6.12. The third-order valence-electron chi connectivity index (χ3n) is 1.94. The maximum Gasteiger partial charge on any atom is 0 e. The summed E-state index contributed by atoms with van der Waals surface area (Å²) in [4.78, 5) is 0. The maximum atomic E-state index is 3.32. The average molecular weight is 391 g/mol. The predicted octanol–water partition coefficient (Wildman–Crippen LogP) is 1.13. The van der Waals surface area contributed by atoms with Crippen LogP contribution in [0.2, 0.25) is 0 Å². The number of benzene rings is 1. The Kier molecular flexibility index (Phi) is 1.88. The summed E-state index contributed by atoms with van der Waals surface area (Å²) in [7, 11) is 0. The third-order valence-corrected chi connectivity index (χ3v) is 1.94. The van der Waals surface area contributed by atoms with Gasteiger partial charge in [0.1, 0.15) is 0 Å². The van der Waals surface area contributed by atoms with Crippen LogP contribution in [0.3, 0.4) is 0 Å². The summed E-state index contributed by atoms with van der Waals surface area (Å²) >= 11 is 0. The van der Waals surface area contributed by atoms with Crippen LogP contribution < -0.4 is 5.32 Å². The van der Waals surface area contributed by atoms with Crippen molar-refractivity contribution in [2.45, 2.75) is 13.0 Å². The first kappa shape index (κ1) is 7.29. The van der Waals surface area contributed by atoms with Gasteiger partial charge in [-0.25, -0.2) is 0 Å². The van der Waals surface area contributed by atoms with E-state index in [2.05, 4.69) is 23.5 Å². The van der Waals surface area contributed by atoms with Crippen molar-refractivity contribution >= 4 is 0 Å². The molecule has 1 N–H and O–H groups in total. The van der Waals surface area contributed by atoms with Crippen LogP contribution >= 0.6 is 0 Å². The van der Waals surface area contributed by atoms with Crippen molar-refractivity contribution in [3.05, 3.63) is 35.4 Å². The van der Waals surface area contributed by atoms with Gasteiger partial charge in [0.25, 0.3) is 0 Å². The summed E-state index contributed by atoms with van der Waals surface area (Å²) in [5.74, 6) is 0. The Balaban J connectivity index is 0.000000605. The fraction of sp³-hybridized carbons (Fsp3) is 0.333. The molecule has 66 valence electrons. The molecule has 0 amide bonds. The van der Waals surface area contributed by atoms with E-state index >= 15 is 0 Å². The summed E-state index contributed by atoms with van der Waals surface area (Å²) < 4.78 is 0. The van der Waals surface area contributed by atoms with Crippen molar-refractivity contribution in [2.24, 2.45) is 0 Å². The summed E-state index contributed by atoms with van der Waals surface area (Å²) in [6, 6.07) is 9.30. The van der Waals surface area contributed by atoms with E-state index in [0.29, 0.717) is 0 Å². The number of hydrogen-bond acceptors (Lipinski definition) is 1. The largest absolute Gasteiger partial charge is 0.324 e. The van der Waals surface area contributed by atoms with Crippen LogP contribution in [0.25, 0.3) is 0 Å². The van der Waals surface area contributed by atoms with Gasteiger partial charge in [-0.2, -0.15) is 29.8 Å². The van der Waals surface area contributed by atoms with Gasteiger partial charge in [-0.15, -0.1) is 5.56 Å². The molecule has 1 aliphatic rings. The Morgan fingerprint density at radius 2 is 2.27 bits per heavy atom. The zero-order valence-corrected chi connectivity index (χ0v) is 8.35. The second-order valence-corrected chi connectivity index (χ2v) is 2.62. The number of nitrogens with one attached hydrogen (secondary N) is 1. The van der Waals surface area contributed by atoms with E-state index in [-0.39, 0.29) is 0 Å². The monoisotopic (exact) mass is 391 g/mol. The van der Waals surface area contributed by atoms with Crippen LogP contribution in [0, 0.1) is 6.07 Å². The van der Waals surface area contributed by atoms with Gasteiger partial charge in [-0.1, -0.05) is 0 Å². The van der Waals surface area contributed by atoms with Crippen molar-refractivity contribution in [3.63, 3.8) is 0 Å². The van der Waals surface area contributed by atoms with E-state index in [0.717, 1.165) is 13.1 Å². The van der Waals surface area contributed by atoms with Crippen LogP contribution in [0.5, 0.6) is 0 Å². The molecule has 0 bridgehead atoms. The van der Waals surface area contributed by atoms with E-state index in [1.165, 1.54) is 17.5 Å². The molecule has 1 aromatic rings. The zero-order chi connectivity index (χ0) is 6.81. The van der Waals surface area contributed by atoms with Crippen LogP contribution in [0.1, 0.15) is 11.1 Å². The van der Waals surface area contributed by atoms with Gasteiger partial charge < -0.3 is 5.32 Å². The van der Waals surface area contributed by atoms with E-state index < -0.39 is 0 Å². The molecule has 0 aliphatic carbocycles. The molecular formula is C9H10NNo-. The number of fused-ring (bicyclic) bond motifs is 1. The van der Waals surface area contributed by atoms with Crippen LogP contribution in [0.15, 0.2) is 18.2 Å². The minimum absolute atomic E-state index is 0. The van der Waals surface area contributed by atoms with Crippen molar-refractivity contribution in [2.75, 3.05) is 6.54 Å². The molecule has 1 nitrogen and oxygen atoms in total. The first-order valence-electron chi connectivity index (χ1n) is 3.65. The molecule has 0 aromatic heterocycles. The molecule has 0 saturated heterocycles. The average Bonchev–Trinajstić information content (AvgIpc) is 2.05. The molecule has 0 radical (unpaired) electrons. The van der Waals surface area contributed by atoms with Gasteiger partial charge in [-0.3, -0.25) is 0 Å². The minimum atomic E-state index is 0. The summed E-state index contributed by atoms with van der Waals surface area (Å²) in [6.45, 7) is 2.14. The molecule has 2 heteroatoms. The van der Waals surface area contributed by atoms with Gasteiger partial charge in [0.2, 0.25) is 0 Å². The molecule has 1 aliphatic heterocycles. The van der Waals surface area contributed by atoms with Gasteiger partial charge in [-0.05, 0) is 19.5 Å². The van der Waals surface area contributed by atoms with Crippen molar-refractivity contribution in [1.29, 1.82) is 0 Å².